The normalized spacial score (nSPS) is 15.2. The van der Waals surface area contributed by atoms with Gasteiger partial charge in [-0.15, -0.1) is 0 Å². The summed E-state index contributed by atoms with van der Waals surface area (Å²) in [6, 6.07) is 3.63. The Morgan fingerprint density at radius 1 is 1.32 bits per heavy atom. The first kappa shape index (κ1) is 18.4. The molecule has 0 unspecified atom stereocenters. The average Bonchev–Trinajstić information content (AvgIpc) is 3.25. The summed E-state index contributed by atoms with van der Waals surface area (Å²) in [5.41, 5.74) is 0.726. The van der Waals surface area contributed by atoms with Crippen LogP contribution in [0.4, 0.5) is 5.13 Å². The highest BCUT2D eigenvalue weighted by Gasteiger charge is 2.30. The second kappa shape index (κ2) is 7.89. The molecule has 2 aromatic rings. The Kier molecular flexibility index (Phi) is 5.81. The van der Waals surface area contributed by atoms with Gasteiger partial charge in [0.2, 0.25) is 5.91 Å². The number of halogens is 1. The molecule has 1 fully saturated rings. The van der Waals surface area contributed by atoms with Crippen molar-refractivity contribution in [1.29, 1.82) is 0 Å². The van der Waals surface area contributed by atoms with Crippen LogP contribution < -0.4 is 9.64 Å². The van der Waals surface area contributed by atoms with Crippen LogP contribution in [-0.2, 0) is 4.79 Å². The van der Waals surface area contributed by atoms with E-state index in [4.69, 9.17) is 21.3 Å². The third kappa shape index (κ3) is 3.91. The number of likely N-dealkylation sites (N-methyl/N-ethyl adjacent to an activating group) is 1. The average molecular weight is 382 g/mol. The molecule has 1 amide bonds. The zero-order valence-corrected chi connectivity index (χ0v) is 16.5. The maximum absolute atomic E-state index is 13.1. The largest absolute Gasteiger partial charge is 0.494 e. The maximum atomic E-state index is 13.1. The van der Waals surface area contributed by atoms with Crippen LogP contribution >= 0.6 is 22.9 Å². The molecule has 3 rings (SSSR count). The van der Waals surface area contributed by atoms with Gasteiger partial charge in [0.15, 0.2) is 5.13 Å². The van der Waals surface area contributed by atoms with Crippen LogP contribution in [0.2, 0.25) is 5.02 Å². The van der Waals surface area contributed by atoms with E-state index in [1.54, 1.807) is 7.11 Å². The number of amides is 1. The molecule has 0 spiro atoms. The number of rotatable bonds is 6. The lowest BCUT2D eigenvalue weighted by atomic mass is 10.1. The molecule has 0 atom stereocenters. The number of benzene rings is 1. The summed E-state index contributed by atoms with van der Waals surface area (Å²) in [6.45, 7) is 1.42. The summed E-state index contributed by atoms with van der Waals surface area (Å²) in [4.78, 5) is 21.7. The van der Waals surface area contributed by atoms with Crippen LogP contribution in [-0.4, -0.2) is 50.1 Å². The Balaban J connectivity index is 1.98. The fourth-order valence-electron chi connectivity index (χ4n) is 3.21. The Morgan fingerprint density at radius 2 is 2.04 bits per heavy atom. The minimum absolute atomic E-state index is 0.117. The number of anilines is 1. The zero-order chi connectivity index (χ0) is 18.0. The first-order valence-electron chi connectivity index (χ1n) is 8.60. The van der Waals surface area contributed by atoms with Crippen LogP contribution in [0.3, 0.4) is 0 Å². The SMILES string of the molecule is COc1ccc(Cl)c2sc(N(CCN(C)C)C(=O)C3CCCC3)nc12. The van der Waals surface area contributed by atoms with Crippen LogP contribution in [0.25, 0.3) is 10.2 Å². The maximum Gasteiger partial charge on any atom is 0.231 e. The smallest absolute Gasteiger partial charge is 0.231 e. The number of hydrogen-bond donors (Lipinski definition) is 0. The van der Waals surface area contributed by atoms with Gasteiger partial charge in [-0.05, 0) is 39.1 Å². The van der Waals surface area contributed by atoms with Gasteiger partial charge in [0, 0.05) is 19.0 Å². The first-order chi connectivity index (χ1) is 12.0. The molecule has 0 bridgehead atoms. The number of methoxy groups -OCH3 is 1. The zero-order valence-electron chi connectivity index (χ0n) is 14.9. The van der Waals surface area contributed by atoms with Gasteiger partial charge in [0.05, 0.1) is 16.8 Å². The van der Waals surface area contributed by atoms with E-state index >= 15 is 0 Å². The van der Waals surface area contributed by atoms with E-state index < -0.39 is 0 Å². The fraction of sp³-hybridized carbons (Fsp3) is 0.556. The summed E-state index contributed by atoms with van der Waals surface area (Å²) in [6.07, 6.45) is 4.23. The molecular formula is C18H24ClN3O2S. The molecule has 0 N–H and O–H groups in total. The molecule has 1 saturated carbocycles. The van der Waals surface area contributed by atoms with Crippen molar-refractivity contribution in [2.45, 2.75) is 25.7 Å². The fourth-order valence-corrected chi connectivity index (χ4v) is 4.50. The van der Waals surface area contributed by atoms with E-state index in [9.17, 15) is 4.79 Å². The predicted octanol–water partition coefficient (Wildman–Crippen LogP) is 4.04. The second-order valence-electron chi connectivity index (χ2n) is 6.70. The van der Waals surface area contributed by atoms with Crippen molar-refractivity contribution in [3.8, 4) is 5.75 Å². The summed E-state index contributed by atoms with van der Waals surface area (Å²) in [7, 11) is 5.64. The monoisotopic (exact) mass is 381 g/mol. The highest BCUT2D eigenvalue weighted by molar-refractivity contribution is 7.23. The summed E-state index contributed by atoms with van der Waals surface area (Å²) < 4.78 is 6.27. The summed E-state index contributed by atoms with van der Waals surface area (Å²) in [5, 5.41) is 1.35. The van der Waals surface area contributed by atoms with Crippen LogP contribution in [0.1, 0.15) is 25.7 Å². The molecule has 136 valence electrons. The van der Waals surface area contributed by atoms with Gasteiger partial charge < -0.3 is 9.64 Å². The van der Waals surface area contributed by atoms with Crippen LogP contribution in [0, 0.1) is 5.92 Å². The highest BCUT2D eigenvalue weighted by atomic mass is 35.5. The van der Waals surface area contributed by atoms with Crippen molar-refractivity contribution >= 4 is 44.2 Å². The van der Waals surface area contributed by atoms with Crippen molar-refractivity contribution < 1.29 is 9.53 Å². The molecule has 0 aliphatic heterocycles. The van der Waals surface area contributed by atoms with Crippen molar-refractivity contribution in [3.05, 3.63) is 17.2 Å². The van der Waals surface area contributed by atoms with Gasteiger partial charge in [-0.3, -0.25) is 9.69 Å². The molecule has 25 heavy (non-hydrogen) atoms. The van der Waals surface area contributed by atoms with Crippen LogP contribution in [0.15, 0.2) is 12.1 Å². The third-order valence-corrected chi connectivity index (χ3v) is 6.18. The van der Waals surface area contributed by atoms with Crippen molar-refractivity contribution in [2.75, 3.05) is 39.2 Å². The van der Waals surface area contributed by atoms with E-state index in [2.05, 4.69) is 4.90 Å². The number of carbonyl (C=O) groups is 1. The topological polar surface area (TPSA) is 45.7 Å². The standard InChI is InChI=1S/C18H24ClN3O2S/c1-21(2)10-11-22(17(23)12-6-4-5-7-12)18-20-15-14(24-3)9-8-13(19)16(15)25-18/h8-9,12H,4-7,10-11H2,1-3H3. The lowest BCUT2D eigenvalue weighted by Crippen LogP contribution is -2.39. The van der Waals surface area contributed by atoms with E-state index in [1.165, 1.54) is 11.3 Å². The number of ether oxygens (including phenoxy) is 1. The highest BCUT2D eigenvalue weighted by Crippen LogP contribution is 2.39. The molecule has 0 saturated heterocycles. The Hall–Kier alpha value is -1.37. The quantitative estimate of drug-likeness (QED) is 0.757. The van der Waals surface area contributed by atoms with E-state index in [0.29, 0.717) is 22.4 Å². The minimum Gasteiger partial charge on any atom is -0.494 e. The second-order valence-corrected chi connectivity index (χ2v) is 8.08. The molecule has 0 radical (unpaired) electrons. The molecule has 5 nitrogen and oxygen atoms in total. The molecule has 1 aromatic heterocycles. The Morgan fingerprint density at radius 3 is 2.68 bits per heavy atom. The predicted molar refractivity (Wildman–Crippen MR) is 104 cm³/mol. The number of thiazole rings is 1. The number of hydrogen-bond acceptors (Lipinski definition) is 5. The van der Waals surface area contributed by atoms with Gasteiger partial charge in [-0.25, -0.2) is 4.98 Å². The summed E-state index contributed by atoms with van der Waals surface area (Å²) in [5.74, 6) is 0.989. The van der Waals surface area contributed by atoms with E-state index in [1.807, 2.05) is 31.1 Å². The van der Waals surface area contributed by atoms with Gasteiger partial charge >= 0.3 is 0 Å². The molecule has 7 heteroatoms. The number of nitrogens with zero attached hydrogens (tertiary/aromatic N) is 3. The number of aromatic nitrogens is 1. The van der Waals surface area contributed by atoms with Gasteiger partial charge in [-0.1, -0.05) is 35.8 Å². The number of fused-ring (bicyclic) bond motifs is 1. The van der Waals surface area contributed by atoms with E-state index in [0.717, 1.165) is 42.4 Å². The Labute approximate surface area is 157 Å². The van der Waals surface area contributed by atoms with Crippen LogP contribution in [0.5, 0.6) is 5.75 Å². The summed E-state index contributed by atoms with van der Waals surface area (Å²) >= 11 is 7.81. The number of carbonyl (C=O) groups excluding carboxylic acids is 1. The molecule has 1 heterocycles. The molecule has 1 aliphatic rings. The molecular weight excluding hydrogens is 358 g/mol. The van der Waals surface area contributed by atoms with E-state index in [-0.39, 0.29) is 11.8 Å². The lowest BCUT2D eigenvalue weighted by molar-refractivity contribution is -0.122. The first-order valence-corrected chi connectivity index (χ1v) is 9.80. The Bertz CT molecular complexity index is 756. The van der Waals surface area contributed by atoms with Crippen molar-refractivity contribution in [1.82, 2.24) is 9.88 Å². The van der Waals surface area contributed by atoms with Crippen molar-refractivity contribution in [3.63, 3.8) is 0 Å². The lowest BCUT2D eigenvalue weighted by Gasteiger charge is -2.24. The van der Waals surface area contributed by atoms with Gasteiger partial charge in [0.25, 0.3) is 0 Å². The molecule has 1 aromatic carbocycles. The van der Waals surface area contributed by atoms with Crippen molar-refractivity contribution in [2.24, 2.45) is 5.92 Å². The minimum atomic E-state index is 0.117. The molecule has 1 aliphatic carbocycles. The van der Waals surface area contributed by atoms with Gasteiger partial charge in [0.1, 0.15) is 11.3 Å². The van der Waals surface area contributed by atoms with Gasteiger partial charge in [-0.2, -0.15) is 0 Å². The third-order valence-electron chi connectivity index (χ3n) is 4.64.